The van der Waals surface area contributed by atoms with Gasteiger partial charge in [0.15, 0.2) is 5.82 Å². The van der Waals surface area contributed by atoms with E-state index in [9.17, 15) is 0 Å². The summed E-state index contributed by atoms with van der Waals surface area (Å²) in [6.45, 7) is 0. The van der Waals surface area contributed by atoms with Gasteiger partial charge in [-0.15, -0.1) is 0 Å². The number of hydrogen-bond acceptors (Lipinski definition) is 2. The van der Waals surface area contributed by atoms with Crippen LogP contribution in [0.25, 0.3) is 120 Å². The fourth-order valence-electron chi connectivity index (χ4n) is 9.37. The second-order valence-corrected chi connectivity index (χ2v) is 15.2. The number of fused-ring (bicyclic) bond motifs is 12. The summed E-state index contributed by atoms with van der Waals surface area (Å²) < 4.78 is 0. The van der Waals surface area contributed by atoms with E-state index in [1.165, 1.54) is 86.5 Å². The van der Waals surface area contributed by atoms with Gasteiger partial charge in [0.05, 0.1) is 11.4 Å². The van der Waals surface area contributed by atoms with Crippen LogP contribution >= 0.6 is 0 Å². The van der Waals surface area contributed by atoms with Crippen molar-refractivity contribution in [2.45, 2.75) is 0 Å². The first kappa shape index (κ1) is 32.6. The minimum atomic E-state index is 0.698. The summed E-state index contributed by atoms with van der Waals surface area (Å²) >= 11 is 0. The van der Waals surface area contributed by atoms with Gasteiger partial charge >= 0.3 is 0 Å². The van der Waals surface area contributed by atoms with E-state index in [0.29, 0.717) is 5.82 Å². The molecule has 0 aliphatic rings. The van der Waals surface area contributed by atoms with Crippen molar-refractivity contribution in [3.63, 3.8) is 0 Å². The van der Waals surface area contributed by atoms with Crippen molar-refractivity contribution in [3.8, 4) is 45.0 Å². The van der Waals surface area contributed by atoms with Gasteiger partial charge in [0.1, 0.15) is 0 Å². The first-order valence-electron chi connectivity index (χ1n) is 19.9. The van der Waals surface area contributed by atoms with Crippen molar-refractivity contribution in [1.29, 1.82) is 0 Å². The topological polar surface area (TPSA) is 25.8 Å². The smallest absolute Gasteiger partial charge is 0.160 e. The van der Waals surface area contributed by atoms with Crippen molar-refractivity contribution in [2.24, 2.45) is 0 Å². The van der Waals surface area contributed by atoms with Gasteiger partial charge in [-0.3, -0.25) is 0 Å². The molecule has 0 amide bonds. The zero-order chi connectivity index (χ0) is 38.2. The Bertz CT molecular complexity index is 3610. The number of rotatable bonds is 4. The lowest BCUT2D eigenvalue weighted by atomic mass is 9.88. The Hall–Kier alpha value is -7.68. The highest BCUT2D eigenvalue weighted by Gasteiger charge is 2.19. The summed E-state index contributed by atoms with van der Waals surface area (Å²) in [6, 6.07) is 74.5. The Morgan fingerprint density at radius 3 is 1.53 bits per heavy atom. The third-order valence-corrected chi connectivity index (χ3v) is 12.0. The maximum Gasteiger partial charge on any atom is 0.160 e. The van der Waals surface area contributed by atoms with Crippen molar-refractivity contribution in [2.75, 3.05) is 0 Å². The van der Waals surface area contributed by atoms with E-state index < -0.39 is 0 Å². The molecule has 2 heteroatoms. The second kappa shape index (κ2) is 12.9. The average molecular weight is 735 g/mol. The summed E-state index contributed by atoms with van der Waals surface area (Å²) in [5, 5.41) is 17.4. The van der Waals surface area contributed by atoms with Gasteiger partial charge in [-0.25, -0.2) is 9.97 Å². The quantitative estimate of drug-likeness (QED) is 0.133. The minimum Gasteiger partial charge on any atom is -0.228 e. The molecular formula is C56H34N2. The fraction of sp³-hybridized carbons (Fsp3) is 0. The molecule has 12 aromatic rings. The molecule has 0 aliphatic heterocycles. The number of benzene rings is 11. The van der Waals surface area contributed by atoms with Crippen molar-refractivity contribution >= 4 is 75.4 Å². The van der Waals surface area contributed by atoms with Gasteiger partial charge < -0.3 is 0 Å². The van der Waals surface area contributed by atoms with Crippen LogP contribution in [0.4, 0.5) is 0 Å². The van der Waals surface area contributed by atoms with Gasteiger partial charge in [0.2, 0.25) is 0 Å². The SMILES string of the molecule is c1ccc(-c2cc(-c3cc4c5ccccc5c5ccccc5c4c4ccccc34)nc(-c3ccc(-c4c5ccccc5cc5c4ccc4ccccc45)cc3)n2)cc1. The highest BCUT2D eigenvalue weighted by atomic mass is 14.9. The van der Waals surface area contributed by atoms with Crippen molar-refractivity contribution in [1.82, 2.24) is 9.97 Å². The average Bonchev–Trinajstić information content (AvgIpc) is 3.30. The van der Waals surface area contributed by atoms with Crippen LogP contribution in [0.1, 0.15) is 0 Å². The molecule has 0 fully saturated rings. The predicted molar refractivity (Wildman–Crippen MR) is 246 cm³/mol. The van der Waals surface area contributed by atoms with E-state index in [-0.39, 0.29) is 0 Å². The monoisotopic (exact) mass is 734 g/mol. The molecular weight excluding hydrogens is 701 g/mol. The molecule has 11 aromatic carbocycles. The number of hydrogen-bond donors (Lipinski definition) is 0. The van der Waals surface area contributed by atoms with E-state index in [0.717, 1.165) is 28.1 Å². The number of aromatic nitrogens is 2. The van der Waals surface area contributed by atoms with Crippen molar-refractivity contribution in [3.05, 3.63) is 206 Å². The molecule has 2 nitrogen and oxygen atoms in total. The van der Waals surface area contributed by atoms with Gasteiger partial charge in [-0.05, 0) is 105 Å². The first-order chi connectivity index (χ1) is 28.8. The second-order valence-electron chi connectivity index (χ2n) is 15.2. The summed E-state index contributed by atoms with van der Waals surface area (Å²) in [6.07, 6.45) is 0. The lowest BCUT2D eigenvalue weighted by Crippen LogP contribution is -1.97. The minimum absolute atomic E-state index is 0.698. The molecule has 0 N–H and O–H groups in total. The molecule has 0 radical (unpaired) electrons. The molecule has 0 atom stereocenters. The van der Waals surface area contributed by atoms with Crippen LogP contribution in [0.2, 0.25) is 0 Å². The Labute approximate surface area is 335 Å². The molecule has 58 heavy (non-hydrogen) atoms. The summed E-state index contributed by atoms with van der Waals surface area (Å²) in [5.74, 6) is 0.698. The van der Waals surface area contributed by atoms with Crippen LogP contribution in [0.15, 0.2) is 206 Å². The highest BCUT2D eigenvalue weighted by Crippen LogP contribution is 2.44. The molecule has 0 bridgehead atoms. The molecule has 0 spiro atoms. The van der Waals surface area contributed by atoms with E-state index in [1.54, 1.807) is 0 Å². The van der Waals surface area contributed by atoms with Crippen molar-refractivity contribution < 1.29 is 0 Å². The third-order valence-electron chi connectivity index (χ3n) is 12.0. The molecule has 1 heterocycles. The Morgan fingerprint density at radius 1 is 0.259 bits per heavy atom. The van der Waals surface area contributed by atoms with Gasteiger partial charge in [-0.1, -0.05) is 188 Å². The largest absolute Gasteiger partial charge is 0.228 e. The number of nitrogens with zero attached hydrogens (tertiary/aromatic N) is 2. The zero-order valence-corrected chi connectivity index (χ0v) is 31.5. The lowest BCUT2D eigenvalue weighted by Gasteiger charge is -2.17. The van der Waals surface area contributed by atoms with Gasteiger partial charge in [0, 0.05) is 16.7 Å². The van der Waals surface area contributed by atoms with E-state index >= 15 is 0 Å². The maximum atomic E-state index is 5.42. The fourth-order valence-corrected chi connectivity index (χ4v) is 9.37. The molecule has 0 aliphatic carbocycles. The lowest BCUT2D eigenvalue weighted by molar-refractivity contribution is 1.19. The standard InChI is InChI=1S/C56H34N2/c1-2-15-36(16-3-1)52-34-53(50-33-51-44-22-9-8-20-42(44)43-21-10-12-24-46(43)55(51)47-25-13-11-23-45(47)50)58-56(57-52)38-28-26-37(27-29-38)54-41-19-7-5-17-39(41)32-49-40-18-6-4-14-35(40)30-31-48(49)54/h1-34H. The van der Waals surface area contributed by atoms with Gasteiger partial charge in [0.25, 0.3) is 0 Å². The molecule has 268 valence electrons. The van der Waals surface area contributed by atoms with Crippen LogP contribution in [0.5, 0.6) is 0 Å². The molecule has 0 unspecified atom stereocenters. The highest BCUT2D eigenvalue weighted by molar-refractivity contribution is 6.33. The summed E-state index contributed by atoms with van der Waals surface area (Å²) in [7, 11) is 0. The van der Waals surface area contributed by atoms with E-state index in [2.05, 4.69) is 206 Å². The van der Waals surface area contributed by atoms with Crippen LogP contribution in [-0.2, 0) is 0 Å². The summed E-state index contributed by atoms with van der Waals surface area (Å²) in [5.41, 5.74) is 7.32. The van der Waals surface area contributed by atoms with Gasteiger partial charge in [-0.2, -0.15) is 0 Å². The third kappa shape index (κ3) is 5.05. The first-order valence-corrected chi connectivity index (χ1v) is 19.9. The Kier molecular flexibility index (Phi) is 7.26. The van der Waals surface area contributed by atoms with Crippen LogP contribution in [-0.4, -0.2) is 9.97 Å². The Balaban J connectivity index is 1.08. The maximum absolute atomic E-state index is 5.42. The molecule has 1 aromatic heterocycles. The molecule has 12 rings (SSSR count). The normalized spacial score (nSPS) is 11.8. The zero-order valence-electron chi connectivity index (χ0n) is 31.5. The van der Waals surface area contributed by atoms with Crippen LogP contribution in [0.3, 0.4) is 0 Å². The predicted octanol–water partition coefficient (Wildman–Crippen LogP) is 15.2. The van der Waals surface area contributed by atoms with E-state index in [4.69, 9.17) is 9.97 Å². The van der Waals surface area contributed by atoms with E-state index in [1.807, 2.05) is 0 Å². The molecule has 0 saturated heterocycles. The van der Waals surface area contributed by atoms with Crippen LogP contribution < -0.4 is 0 Å². The van der Waals surface area contributed by atoms with Crippen LogP contribution in [0, 0.1) is 0 Å². The Morgan fingerprint density at radius 2 is 0.793 bits per heavy atom. The molecule has 0 saturated carbocycles. The summed E-state index contributed by atoms with van der Waals surface area (Å²) in [4.78, 5) is 10.7.